The van der Waals surface area contributed by atoms with Gasteiger partial charge in [-0.3, -0.25) is 0 Å². The maximum absolute atomic E-state index is 2.43. The van der Waals surface area contributed by atoms with E-state index >= 15 is 0 Å². The van der Waals surface area contributed by atoms with Crippen molar-refractivity contribution in [2.45, 2.75) is 70.3 Å². The van der Waals surface area contributed by atoms with Gasteiger partial charge in [0.25, 0.3) is 0 Å². The molecular formula is C15H29N. The summed E-state index contributed by atoms with van der Waals surface area (Å²) in [5, 5.41) is 0. The van der Waals surface area contributed by atoms with Crippen molar-refractivity contribution in [3.05, 3.63) is 0 Å². The first kappa shape index (κ1) is 12.4. The molecule has 0 aliphatic heterocycles. The maximum atomic E-state index is 2.43. The van der Waals surface area contributed by atoms with E-state index in [4.69, 9.17) is 0 Å². The quantitative estimate of drug-likeness (QED) is 0.697. The van der Waals surface area contributed by atoms with Gasteiger partial charge in [-0.1, -0.05) is 32.1 Å². The van der Waals surface area contributed by atoms with Gasteiger partial charge in [-0.25, -0.2) is 0 Å². The molecule has 94 valence electrons. The highest BCUT2D eigenvalue weighted by molar-refractivity contribution is 4.79. The van der Waals surface area contributed by atoms with Gasteiger partial charge in [-0.2, -0.15) is 0 Å². The van der Waals surface area contributed by atoms with Crippen molar-refractivity contribution >= 4 is 0 Å². The Bertz CT molecular complexity index is 186. The van der Waals surface area contributed by atoms with E-state index in [1.165, 1.54) is 57.8 Å². The minimum Gasteiger partial charge on any atom is -0.306 e. The monoisotopic (exact) mass is 223 g/mol. The third-order valence-electron chi connectivity index (χ3n) is 4.94. The van der Waals surface area contributed by atoms with E-state index < -0.39 is 0 Å². The summed E-state index contributed by atoms with van der Waals surface area (Å²) >= 11 is 0. The van der Waals surface area contributed by atoms with E-state index in [1.807, 2.05) is 0 Å². The molecule has 0 heterocycles. The van der Waals surface area contributed by atoms with Crippen molar-refractivity contribution in [3.8, 4) is 0 Å². The zero-order valence-electron chi connectivity index (χ0n) is 11.3. The van der Waals surface area contributed by atoms with Crippen LogP contribution in [0.3, 0.4) is 0 Å². The van der Waals surface area contributed by atoms with Crippen LogP contribution in [0.4, 0.5) is 0 Å². The molecule has 0 saturated heterocycles. The molecule has 0 unspecified atom stereocenters. The Hall–Kier alpha value is -0.0400. The van der Waals surface area contributed by atoms with Crippen LogP contribution in [-0.2, 0) is 0 Å². The molecule has 0 bridgehead atoms. The molecule has 0 N–H and O–H groups in total. The van der Waals surface area contributed by atoms with Crippen LogP contribution in [0.1, 0.15) is 64.2 Å². The summed E-state index contributed by atoms with van der Waals surface area (Å²) in [5.74, 6) is 2.16. The molecule has 2 aliphatic carbocycles. The van der Waals surface area contributed by atoms with E-state index in [0.717, 1.165) is 17.9 Å². The summed E-state index contributed by atoms with van der Waals surface area (Å²) in [6.45, 7) is 0. The van der Waals surface area contributed by atoms with E-state index in [9.17, 15) is 0 Å². The Morgan fingerprint density at radius 3 is 1.88 bits per heavy atom. The maximum Gasteiger partial charge on any atom is 0.00893 e. The lowest BCUT2D eigenvalue weighted by Crippen LogP contribution is -2.32. The molecule has 1 heteroatoms. The van der Waals surface area contributed by atoms with Crippen molar-refractivity contribution < 1.29 is 0 Å². The van der Waals surface area contributed by atoms with Crippen LogP contribution in [-0.4, -0.2) is 25.0 Å². The normalized spacial score (nSPS) is 33.2. The summed E-state index contributed by atoms with van der Waals surface area (Å²) in [5.41, 5.74) is 0. The van der Waals surface area contributed by atoms with Gasteiger partial charge < -0.3 is 4.90 Å². The lowest BCUT2D eigenvalue weighted by molar-refractivity contribution is 0.168. The standard InChI is InChI=1S/C15H29N/c1-16(2)15-10-8-14(9-11-15)12-13-6-4-3-5-7-13/h13-15H,3-12H2,1-2H3. The second kappa shape index (κ2) is 6.05. The van der Waals surface area contributed by atoms with Crippen LogP contribution in [0, 0.1) is 11.8 Å². The highest BCUT2D eigenvalue weighted by Crippen LogP contribution is 2.35. The van der Waals surface area contributed by atoms with Gasteiger partial charge in [0.2, 0.25) is 0 Å². The Morgan fingerprint density at radius 1 is 0.750 bits per heavy atom. The molecular weight excluding hydrogens is 194 g/mol. The third kappa shape index (κ3) is 3.48. The molecule has 0 spiro atoms. The van der Waals surface area contributed by atoms with Crippen LogP contribution < -0.4 is 0 Å². The Morgan fingerprint density at radius 2 is 1.31 bits per heavy atom. The average Bonchev–Trinajstić information content (AvgIpc) is 2.31. The number of hydrogen-bond acceptors (Lipinski definition) is 1. The topological polar surface area (TPSA) is 3.24 Å². The van der Waals surface area contributed by atoms with Gasteiger partial charge in [0.15, 0.2) is 0 Å². The first-order valence-corrected chi connectivity index (χ1v) is 7.42. The fourth-order valence-electron chi connectivity index (χ4n) is 3.79. The SMILES string of the molecule is CN(C)C1CCC(CC2CCCCC2)CC1. The van der Waals surface area contributed by atoms with Crippen LogP contribution in [0.25, 0.3) is 0 Å². The molecule has 2 rings (SSSR count). The van der Waals surface area contributed by atoms with Crippen LogP contribution in [0.5, 0.6) is 0 Å². The van der Waals surface area contributed by atoms with Crippen LogP contribution in [0.15, 0.2) is 0 Å². The second-order valence-electron chi connectivity index (χ2n) is 6.38. The second-order valence-corrected chi connectivity index (χ2v) is 6.38. The molecule has 0 amide bonds. The molecule has 16 heavy (non-hydrogen) atoms. The van der Waals surface area contributed by atoms with E-state index in [-0.39, 0.29) is 0 Å². The Labute approximate surface area is 102 Å². The molecule has 0 atom stereocenters. The van der Waals surface area contributed by atoms with Crippen molar-refractivity contribution in [2.24, 2.45) is 11.8 Å². The van der Waals surface area contributed by atoms with Gasteiger partial charge in [-0.15, -0.1) is 0 Å². The zero-order valence-corrected chi connectivity index (χ0v) is 11.3. The first-order chi connectivity index (χ1) is 7.75. The molecule has 2 aliphatic rings. The van der Waals surface area contributed by atoms with Crippen molar-refractivity contribution in [3.63, 3.8) is 0 Å². The summed E-state index contributed by atoms with van der Waals surface area (Å²) in [6, 6.07) is 0.877. The molecule has 0 radical (unpaired) electrons. The number of nitrogens with zero attached hydrogens (tertiary/aromatic N) is 1. The fourth-order valence-corrected chi connectivity index (χ4v) is 3.79. The lowest BCUT2D eigenvalue weighted by Gasteiger charge is -2.34. The van der Waals surface area contributed by atoms with E-state index in [2.05, 4.69) is 19.0 Å². The molecule has 0 aromatic heterocycles. The smallest absolute Gasteiger partial charge is 0.00893 e. The van der Waals surface area contributed by atoms with Crippen molar-refractivity contribution in [2.75, 3.05) is 14.1 Å². The average molecular weight is 223 g/mol. The van der Waals surface area contributed by atoms with Gasteiger partial charge in [0.05, 0.1) is 0 Å². The molecule has 1 nitrogen and oxygen atoms in total. The van der Waals surface area contributed by atoms with E-state index in [0.29, 0.717) is 0 Å². The molecule has 2 saturated carbocycles. The summed E-state index contributed by atoms with van der Waals surface area (Å²) < 4.78 is 0. The first-order valence-electron chi connectivity index (χ1n) is 7.42. The number of hydrogen-bond donors (Lipinski definition) is 0. The highest BCUT2D eigenvalue weighted by Gasteiger charge is 2.25. The third-order valence-corrected chi connectivity index (χ3v) is 4.94. The predicted octanol–water partition coefficient (Wildman–Crippen LogP) is 4.08. The molecule has 0 aromatic rings. The zero-order chi connectivity index (χ0) is 11.4. The highest BCUT2D eigenvalue weighted by atomic mass is 15.1. The number of rotatable bonds is 3. The van der Waals surface area contributed by atoms with Crippen LogP contribution in [0.2, 0.25) is 0 Å². The molecule has 2 fully saturated rings. The fraction of sp³-hybridized carbons (Fsp3) is 1.00. The van der Waals surface area contributed by atoms with E-state index in [1.54, 1.807) is 6.42 Å². The Kier molecular flexibility index (Phi) is 4.69. The minimum absolute atomic E-state index is 0.877. The lowest BCUT2D eigenvalue weighted by atomic mass is 9.76. The summed E-state index contributed by atoms with van der Waals surface area (Å²) in [6.07, 6.45) is 15.0. The van der Waals surface area contributed by atoms with Gasteiger partial charge in [0.1, 0.15) is 0 Å². The van der Waals surface area contributed by atoms with Crippen molar-refractivity contribution in [1.29, 1.82) is 0 Å². The summed E-state index contributed by atoms with van der Waals surface area (Å²) in [7, 11) is 4.48. The predicted molar refractivity (Wildman–Crippen MR) is 70.6 cm³/mol. The minimum atomic E-state index is 0.877. The Balaban J connectivity index is 1.68. The summed E-state index contributed by atoms with van der Waals surface area (Å²) in [4.78, 5) is 2.43. The van der Waals surface area contributed by atoms with Crippen LogP contribution >= 0.6 is 0 Å². The van der Waals surface area contributed by atoms with Gasteiger partial charge >= 0.3 is 0 Å². The van der Waals surface area contributed by atoms with Gasteiger partial charge in [0, 0.05) is 6.04 Å². The molecule has 0 aromatic carbocycles. The van der Waals surface area contributed by atoms with Crippen molar-refractivity contribution in [1.82, 2.24) is 4.90 Å². The van der Waals surface area contributed by atoms with Gasteiger partial charge in [-0.05, 0) is 58.0 Å². The largest absolute Gasteiger partial charge is 0.306 e.